The van der Waals surface area contributed by atoms with Gasteiger partial charge in [0.1, 0.15) is 5.75 Å². The minimum atomic E-state index is -1.08. The second-order valence-electron chi connectivity index (χ2n) is 2.69. The van der Waals surface area contributed by atoms with Gasteiger partial charge in [-0.25, -0.2) is 4.79 Å². The van der Waals surface area contributed by atoms with Crippen molar-refractivity contribution in [3.63, 3.8) is 0 Å². The zero-order valence-corrected chi connectivity index (χ0v) is 7.67. The Kier molecular flexibility index (Phi) is 3.56. The Hall–Kier alpha value is -2.17. The molecule has 15 heavy (non-hydrogen) atoms. The van der Waals surface area contributed by atoms with Gasteiger partial charge >= 0.3 is 5.97 Å². The maximum absolute atomic E-state index is 10.9. The summed E-state index contributed by atoms with van der Waals surface area (Å²) < 4.78 is 4.84. The maximum Gasteiger partial charge on any atom is 0.341 e. The largest absolute Gasteiger partial charge is 0.482 e. The molecule has 0 amide bonds. The Labute approximate surface area is 85.3 Å². The van der Waals surface area contributed by atoms with Gasteiger partial charge in [0, 0.05) is 5.56 Å². The highest BCUT2D eigenvalue weighted by atomic mass is 16.5. The first-order chi connectivity index (χ1) is 7.13. The molecule has 0 unspecified atom stereocenters. The van der Waals surface area contributed by atoms with Crippen LogP contribution in [0.3, 0.4) is 0 Å². The minimum Gasteiger partial charge on any atom is -0.482 e. The lowest BCUT2D eigenvalue weighted by atomic mass is 10.1. The first-order valence-corrected chi connectivity index (χ1v) is 4.07. The number of ether oxygens (including phenoxy) is 1. The number of aldehydes is 1. The Morgan fingerprint density at radius 2 is 1.87 bits per heavy atom. The van der Waals surface area contributed by atoms with Crippen LogP contribution in [-0.2, 0) is 9.59 Å². The van der Waals surface area contributed by atoms with Gasteiger partial charge in [-0.15, -0.1) is 0 Å². The molecule has 0 aliphatic heterocycles. The molecule has 1 rings (SSSR count). The lowest BCUT2D eigenvalue weighted by molar-refractivity contribution is -0.139. The molecule has 78 valence electrons. The maximum atomic E-state index is 10.9. The van der Waals surface area contributed by atoms with Gasteiger partial charge in [0.25, 0.3) is 0 Å². The molecule has 0 aromatic heterocycles. The van der Waals surface area contributed by atoms with Crippen molar-refractivity contribution < 1.29 is 24.2 Å². The molecule has 1 aromatic carbocycles. The van der Waals surface area contributed by atoms with Crippen molar-refractivity contribution >= 4 is 18.0 Å². The van der Waals surface area contributed by atoms with Crippen molar-refractivity contribution in [3.8, 4) is 5.75 Å². The average molecular weight is 208 g/mol. The number of carboxylic acids is 1. The Morgan fingerprint density at radius 1 is 1.27 bits per heavy atom. The van der Waals surface area contributed by atoms with Crippen molar-refractivity contribution in [3.05, 3.63) is 29.8 Å². The third-order valence-electron chi connectivity index (χ3n) is 1.61. The van der Waals surface area contributed by atoms with Crippen LogP contribution < -0.4 is 4.74 Å². The smallest absolute Gasteiger partial charge is 0.341 e. The van der Waals surface area contributed by atoms with Crippen LogP contribution in [0.25, 0.3) is 0 Å². The number of hydrogen-bond acceptors (Lipinski definition) is 4. The highest BCUT2D eigenvalue weighted by Crippen LogP contribution is 2.11. The Bertz CT molecular complexity index is 379. The van der Waals surface area contributed by atoms with Crippen LogP contribution in [0.5, 0.6) is 5.75 Å². The molecular weight excluding hydrogens is 200 g/mol. The number of Topliss-reactive ketones (excluding diaryl/α,β-unsaturated/α-hetero) is 1. The standard InChI is InChI=1S/C10H8O5/c11-5-9(12)7-1-3-8(4-2-7)15-6-10(13)14/h1-5H,6H2,(H,13,14). The average Bonchev–Trinajstić information content (AvgIpc) is 2.26. The summed E-state index contributed by atoms with van der Waals surface area (Å²) in [4.78, 5) is 31.2. The Morgan fingerprint density at radius 3 is 2.33 bits per heavy atom. The number of carbonyl (C=O) groups excluding carboxylic acids is 2. The fraction of sp³-hybridized carbons (Fsp3) is 0.100. The highest BCUT2D eigenvalue weighted by molar-refractivity contribution is 6.33. The second kappa shape index (κ2) is 4.90. The van der Waals surface area contributed by atoms with Crippen LogP contribution >= 0.6 is 0 Å². The van der Waals surface area contributed by atoms with Gasteiger partial charge in [-0.1, -0.05) is 0 Å². The molecule has 0 spiro atoms. The summed E-state index contributed by atoms with van der Waals surface area (Å²) in [5, 5.41) is 8.33. The topological polar surface area (TPSA) is 80.7 Å². The summed E-state index contributed by atoms with van der Waals surface area (Å²) in [6.07, 6.45) is 0.215. The third kappa shape index (κ3) is 3.22. The van der Waals surface area contributed by atoms with Gasteiger partial charge in [0.15, 0.2) is 12.9 Å². The molecule has 1 aromatic rings. The highest BCUT2D eigenvalue weighted by Gasteiger charge is 2.04. The molecule has 0 saturated heterocycles. The molecule has 0 fully saturated rings. The summed E-state index contributed by atoms with van der Waals surface area (Å²) in [5.41, 5.74) is 0.243. The number of carbonyl (C=O) groups is 3. The van der Waals surface area contributed by atoms with Gasteiger partial charge in [-0.3, -0.25) is 9.59 Å². The van der Waals surface area contributed by atoms with E-state index in [0.29, 0.717) is 5.75 Å². The predicted molar refractivity (Wildman–Crippen MR) is 50.0 cm³/mol. The number of benzene rings is 1. The quantitative estimate of drug-likeness (QED) is 0.433. The minimum absolute atomic E-state index is 0.215. The van der Waals surface area contributed by atoms with Gasteiger partial charge in [0.05, 0.1) is 0 Å². The molecule has 0 radical (unpaired) electrons. The fourth-order valence-corrected chi connectivity index (χ4v) is 0.929. The van der Waals surface area contributed by atoms with Crippen LogP contribution in [-0.4, -0.2) is 29.8 Å². The molecule has 0 aliphatic rings. The number of aliphatic carboxylic acids is 1. The summed E-state index contributed by atoms with van der Waals surface area (Å²) in [5.74, 6) is -1.37. The van der Waals surface area contributed by atoms with E-state index in [2.05, 4.69) is 0 Å². The lowest BCUT2D eigenvalue weighted by Crippen LogP contribution is -2.09. The van der Waals surface area contributed by atoms with E-state index in [4.69, 9.17) is 9.84 Å². The number of rotatable bonds is 5. The molecular formula is C10H8O5. The van der Waals surface area contributed by atoms with Crippen LogP contribution in [0.1, 0.15) is 10.4 Å². The number of carboxylic acid groups (broad SMARTS) is 1. The van der Waals surface area contributed by atoms with Crippen LogP contribution in [0.2, 0.25) is 0 Å². The van der Waals surface area contributed by atoms with Crippen LogP contribution in [0.15, 0.2) is 24.3 Å². The molecule has 0 atom stereocenters. The first kappa shape index (κ1) is 10.9. The zero-order chi connectivity index (χ0) is 11.3. The van der Waals surface area contributed by atoms with Crippen molar-refractivity contribution in [1.82, 2.24) is 0 Å². The first-order valence-electron chi connectivity index (χ1n) is 4.07. The summed E-state index contributed by atoms with van der Waals surface area (Å²) in [6.45, 7) is -0.443. The van der Waals surface area contributed by atoms with Gasteiger partial charge in [0.2, 0.25) is 5.78 Å². The molecule has 5 heteroatoms. The SMILES string of the molecule is O=CC(=O)c1ccc(OCC(=O)O)cc1. The summed E-state index contributed by atoms with van der Waals surface area (Å²) in [6, 6.07) is 5.65. The summed E-state index contributed by atoms with van der Waals surface area (Å²) in [7, 11) is 0. The van der Waals surface area contributed by atoms with E-state index in [1.807, 2.05) is 0 Å². The van der Waals surface area contributed by atoms with Crippen LogP contribution in [0.4, 0.5) is 0 Å². The normalized spacial score (nSPS) is 9.33. The number of ketones is 1. The van der Waals surface area contributed by atoms with Crippen molar-refractivity contribution in [2.75, 3.05) is 6.61 Å². The monoisotopic (exact) mass is 208 g/mol. The second-order valence-corrected chi connectivity index (χ2v) is 2.69. The van der Waals surface area contributed by atoms with Crippen molar-refractivity contribution in [2.24, 2.45) is 0 Å². The molecule has 1 N–H and O–H groups in total. The Balaban J connectivity index is 2.68. The third-order valence-corrected chi connectivity index (χ3v) is 1.61. The van der Waals surface area contributed by atoms with E-state index in [1.165, 1.54) is 24.3 Å². The van der Waals surface area contributed by atoms with Crippen molar-refractivity contribution in [1.29, 1.82) is 0 Å². The molecule has 0 aliphatic carbocycles. The number of hydrogen-bond donors (Lipinski definition) is 1. The van der Waals surface area contributed by atoms with E-state index in [9.17, 15) is 14.4 Å². The molecule has 0 saturated carbocycles. The zero-order valence-electron chi connectivity index (χ0n) is 7.67. The van der Waals surface area contributed by atoms with E-state index in [1.54, 1.807) is 0 Å². The van der Waals surface area contributed by atoms with E-state index in [0.717, 1.165) is 0 Å². The predicted octanol–water partition coefficient (Wildman–Crippen LogP) is 0.532. The van der Waals surface area contributed by atoms with E-state index >= 15 is 0 Å². The molecule has 0 heterocycles. The van der Waals surface area contributed by atoms with E-state index < -0.39 is 18.4 Å². The van der Waals surface area contributed by atoms with Gasteiger partial charge in [-0.2, -0.15) is 0 Å². The van der Waals surface area contributed by atoms with Crippen molar-refractivity contribution in [2.45, 2.75) is 0 Å². The molecule has 0 bridgehead atoms. The van der Waals surface area contributed by atoms with Gasteiger partial charge < -0.3 is 9.84 Å². The molecule has 5 nitrogen and oxygen atoms in total. The van der Waals surface area contributed by atoms with E-state index in [-0.39, 0.29) is 11.8 Å². The lowest BCUT2D eigenvalue weighted by Gasteiger charge is -2.02. The van der Waals surface area contributed by atoms with Gasteiger partial charge in [-0.05, 0) is 24.3 Å². The van der Waals surface area contributed by atoms with Crippen LogP contribution in [0, 0.1) is 0 Å². The summed E-state index contributed by atoms with van der Waals surface area (Å²) >= 11 is 0. The fourth-order valence-electron chi connectivity index (χ4n) is 0.929.